The summed E-state index contributed by atoms with van der Waals surface area (Å²) in [6, 6.07) is 5.16. The van der Waals surface area contributed by atoms with E-state index in [1.54, 1.807) is 12.1 Å². The van der Waals surface area contributed by atoms with Crippen LogP contribution in [0.2, 0.25) is 0 Å². The van der Waals surface area contributed by atoms with Gasteiger partial charge < -0.3 is 10.2 Å². The lowest BCUT2D eigenvalue weighted by atomic mass is 10.1. The predicted molar refractivity (Wildman–Crippen MR) is 71.6 cm³/mol. The van der Waals surface area contributed by atoms with Crippen LogP contribution in [0, 0.1) is 11.3 Å². The quantitative estimate of drug-likeness (QED) is 0.880. The Hall–Kier alpha value is -1.93. The summed E-state index contributed by atoms with van der Waals surface area (Å²) in [6.07, 6.45) is 5.24. The maximum absolute atomic E-state index is 11.8. The SMILES string of the molecule is N#Cc1ccc(C(=O)NCCN2CCCCC2)nc1. The summed E-state index contributed by atoms with van der Waals surface area (Å²) < 4.78 is 0. The highest BCUT2D eigenvalue weighted by atomic mass is 16.1. The Labute approximate surface area is 113 Å². The molecule has 1 aliphatic heterocycles. The van der Waals surface area contributed by atoms with Crippen LogP contribution in [0.15, 0.2) is 18.3 Å². The number of pyridine rings is 1. The number of nitrogens with zero attached hydrogens (tertiary/aromatic N) is 3. The molecule has 5 nitrogen and oxygen atoms in total. The first-order chi connectivity index (χ1) is 9.29. The molecule has 100 valence electrons. The molecule has 1 saturated heterocycles. The summed E-state index contributed by atoms with van der Waals surface area (Å²) in [7, 11) is 0. The lowest BCUT2D eigenvalue weighted by Crippen LogP contribution is -2.37. The maximum atomic E-state index is 11.8. The largest absolute Gasteiger partial charge is 0.349 e. The van der Waals surface area contributed by atoms with Crippen molar-refractivity contribution < 1.29 is 4.79 Å². The van der Waals surface area contributed by atoms with Gasteiger partial charge in [-0.1, -0.05) is 6.42 Å². The first-order valence-corrected chi connectivity index (χ1v) is 6.66. The van der Waals surface area contributed by atoms with Crippen molar-refractivity contribution >= 4 is 5.91 Å². The van der Waals surface area contributed by atoms with Gasteiger partial charge in [-0.3, -0.25) is 4.79 Å². The van der Waals surface area contributed by atoms with Crippen molar-refractivity contribution in [3.8, 4) is 6.07 Å². The van der Waals surface area contributed by atoms with E-state index in [9.17, 15) is 4.79 Å². The maximum Gasteiger partial charge on any atom is 0.269 e. The number of aromatic nitrogens is 1. The minimum Gasteiger partial charge on any atom is -0.349 e. The zero-order valence-electron chi connectivity index (χ0n) is 10.9. The van der Waals surface area contributed by atoms with Gasteiger partial charge in [-0.15, -0.1) is 0 Å². The van der Waals surface area contributed by atoms with Crippen LogP contribution in [0.5, 0.6) is 0 Å². The van der Waals surface area contributed by atoms with Crippen LogP contribution >= 0.6 is 0 Å². The molecule has 5 heteroatoms. The molecule has 0 unspecified atom stereocenters. The van der Waals surface area contributed by atoms with Crippen molar-refractivity contribution in [3.63, 3.8) is 0 Å². The number of carbonyl (C=O) groups excluding carboxylic acids is 1. The van der Waals surface area contributed by atoms with Crippen LogP contribution in [0.25, 0.3) is 0 Å². The van der Waals surface area contributed by atoms with E-state index in [4.69, 9.17) is 5.26 Å². The molecule has 1 aromatic rings. The second-order valence-corrected chi connectivity index (χ2v) is 4.70. The summed E-state index contributed by atoms with van der Waals surface area (Å²) in [5.74, 6) is -0.179. The lowest BCUT2D eigenvalue weighted by molar-refractivity contribution is 0.0941. The molecule has 0 bridgehead atoms. The van der Waals surface area contributed by atoms with Crippen molar-refractivity contribution in [2.24, 2.45) is 0 Å². The summed E-state index contributed by atoms with van der Waals surface area (Å²) in [5.41, 5.74) is 0.822. The smallest absolute Gasteiger partial charge is 0.269 e. The molecule has 19 heavy (non-hydrogen) atoms. The minimum absolute atomic E-state index is 0.179. The fourth-order valence-electron chi connectivity index (χ4n) is 2.20. The molecule has 1 fully saturated rings. The Morgan fingerprint density at radius 1 is 1.37 bits per heavy atom. The predicted octanol–water partition coefficient (Wildman–Crippen LogP) is 1.17. The molecular formula is C14H18N4O. The number of hydrogen-bond acceptors (Lipinski definition) is 4. The highest BCUT2D eigenvalue weighted by Gasteiger charge is 2.11. The van der Waals surface area contributed by atoms with Crippen LogP contribution in [-0.4, -0.2) is 42.0 Å². The van der Waals surface area contributed by atoms with E-state index in [1.807, 2.05) is 6.07 Å². The zero-order valence-corrected chi connectivity index (χ0v) is 10.9. The number of amides is 1. The molecule has 0 aliphatic carbocycles. The fraction of sp³-hybridized carbons (Fsp3) is 0.500. The first-order valence-electron chi connectivity index (χ1n) is 6.66. The molecule has 0 spiro atoms. The van der Waals surface area contributed by atoms with E-state index < -0.39 is 0 Å². The Morgan fingerprint density at radius 3 is 2.79 bits per heavy atom. The number of nitriles is 1. The van der Waals surface area contributed by atoms with Gasteiger partial charge in [-0.2, -0.15) is 5.26 Å². The zero-order chi connectivity index (χ0) is 13.5. The van der Waals surface area contributed by atoms with Gasteiger partial charge in [0.25, 0.3) is 5.91 Å². The average molecular weight is 258 g/mol. The number of rotatable bonds is 4. The molecule has 0 aromatic carbocycles. The summed E-state index contributed by atoms with van der Waals surface area (Å²) in [5, 5.41) is 11.5. The molecule has 1 amide bonds. The Morgan fingerprint density at radius 2 is 2.16 bits per heavy atom. The number of nitrogens with one attached hydrogen (secondary N) is 1. The Balaban J connectivity index is 1.75. The first kappa shape index (κ1) is 13.5. The monoisotopic (exact) mass is 258 g/mol. The molecule has 1 aromatic heterocycles. The highest BCUT2D eigenvalue weighted by Crippen LogP contribution is 2.07. The Bertz CT molecular complexity index is 457. The lowest BCUT2D eigenvalue weighted by Gasteiger charge is -2.26. The molecule has 1 aliphatic rings. The third-order valence-corrected chi connectivity index (χ3v) is 3.29. The molecule has 0 radical (unpaired) electrons. The summed E-state index contributed by atoms with van der Waals surface area (Å²) >= 11 is 0. The summed E-state index contributed by atoms with van der Waals surface area (Å²) in [6.45, 7) is 3.79. The van der Waals surface area contributed by atoms with Crippen LogP contribution in [0.1, 0.15) is 35.3 Å². The van der Waals surface area contributed by atoms with Crippen molar-refractivity contribution in [2.45, 2.75) is 19.3 Å². The highest BCUT2D eigenvalue weighted by molar-refractivity contribution is 5.92. The van der Waals surface area contributed by atoms with Gasteiger partial charge in [-0.05, 0) is 38.1 Å². The van der Waals surface area contributed by atoms with Crippen molar-refractivity contribution in [3.05, 3.63) is 29.6 Å². The van der Waals surface area contributed by atoms with Gasteiger partial charge >= 0.3 is 0 Å². The van der Waals surface area contributed by atoms with Crippen molar-refractivity contribution in [1.29, 1.82) is 5.26 Å². The standard InChI is InChI=1S/C14H18N4O/c15-10-12-4-5-13(17-11-12)14(19)16-6-9-18-7-2-1-3-8-18/h4-5,11H,1-3,6-9H2,(H,16,19). The molecular weight excluding hydrogens is 240 g/mol. The normalized spacial score (nSPS) is 15.7. The molecule has 1 N–H and O–H groups in total. The van der Waals surface area contributed by atoms with E-state index in [1.165, 1.54) is 25.5 Å². The van der Waals surface area contributed by atoms with Gasteiger partial charge in [-0.25, -0.2) is 4.98 Å². The van der Waals surface area contributed by atoms with Gasteiger partial charge in [0.2, 0.25) is 0 Å². The van der Waals surface area contributed by atoms with Crippen LogP contribution in [-0.2, 0) is 0 Å². The number of piperidine rings is 1. The topological polar surface area (TPSA) is 69.0 Å². The van der Waals surface area contributed by atoms with Crippen molar-refractivity contribution in [1.82, 2.24) is 15.2 Å². The second kappa shape index (κ2) is 6.86. The van der Waals surface area contributed by atoms with Gasteiger partial charge in [0, 0.05) is 19.3 Å². The van der Waals surface area contributed by atoms with E-state index in [2.05, 4.69) is 15.2 Å². The fourth-order valence-corrected chi connectivity index (χ4v) is 2.20. The van der Waals surface area contributed by atoms with E-state index in [-0.39, 0.29) is 5.91 Å². The van der Waals surface area contributed by atoms with Crippen LogP contribution in [0.3, 0.4) is 0 Å². The van der Waals surface area contributed by atoms with Crippen LogP contribution in [0.4, 0.5) is 0 Å². The number of likely N-dealkylation sites (tertiary alicyclic amines) is 1. The number of hydrogen-bond donors (Lipinski definition) is 1. The molecule has 2 rings (SSSR count). The summed E-state index contributed by atoms with van der Waals surface area (Å²) in [4.78, 5) is 18.1. The van der Waals surface area contributed by atoms with Gasteiger partial charge in [0.1, 0.15) is 11.8 Å². The van der Waals surface area contributed by atoms with Gasteiger partial charge in [0.15, 0.2) is 0 Å². The minimum atomic E-state index is -0.179. The Kier molecular flexibility index (Phi) is 4.87. The second-order valence-electron chi connectivity index (χ2n) is 4.70. The molecule has 2 heterocycles. The number of carbonyl (C=O) groups is 1. The van der Waals surface area contributed by atoms with Crippen LogP contribution < -0.4 is 5.32 Å². The molecule has 0 saturated carbocycles. The molecule has 0 atom stereocenters. The average Bonchev–Trinajstić information content (AvgIpc) is 2.48. The third-order valence-electron chi connectivity index (χ3n) is 3.29. The van der Waals surface area contributed by atoms with Crippen molar-refractivity contribution in [2.75, 3.05) is 26.2 Å². The third kappa shape index (κ3) is 4.04. The van der Waals surface area contributed by atoms with E-state index in [0.29, 0.717) is 17.8 Å². The van der Waals surface area contributed by atoms with E-state index >= 15 is 0 Å². The van der Waals surface area contributed by atoms with Gasteiger partial charge in [0.05, 0.1) is 5.56 Å². The van der Waals surface area contributed by atoms with E-state index in [0.717, 1.165) is 19.6 Å².